The Morgan fingerprint density at radius 3 is 1.97 bits per heavy atom. The maximum Gasteiger partial charge on any atom is 0.258 e. The lowest BCUT2D eigenvalue weighted by Crippen LogP contribution is -2.65. The molecule has 2 aromatic carbocycles. The lowest BCUT2D eigenvalue weighted by atomic mass is 10.0. The van der Waals surface area contributed by atoms with Gasteiger partial charge in [-0.1, -0.05) is 100 Å². The van der Waals surface area contributed by atoms with Crippen molar-refractivity contribution < 1.29 is 14.3 Å². The molecule has 1 N–H and O–H groups in total. The molecule has 0 bridgehead atoms. The minimum Gasteiger partial charge on any atom is -0.424 e. The number of ether oxygens (including phenoxy) is 2. The van der Waals surface area contributed by atoms with Crippen LogP contribution in [-0.2, 0) is 9.47 Å². The molecule has 0 aromatic heterocycles. The Hall–Kier alpha value is -1.90. The fraction of sp³-hybridized carbons (Fsp3) is 0.576. The zero-order chi connectivity index (χ0) is 26.2. The van der Waals surface area contributed by atoms with Crippen LogP contribution in [0.4, 0.5) is 0 Å². The van der Waals surface area contributed by atoms with Gasteiger partial charge < -0.3 is 14.3 Å². The van der Waals surface area contributed by atoms with Gasteiger partial charge in [0.2, 0.25) is 0 Å². The van der Waals surface area contributed by atoms with E-state index in [1.54, 1.807) is 0 Å². The van der Waals surface area contributed by atoms with Crippen molar-refractivity contribution in [2.45, 2.75) is 109 Å². The maximum absolute atomic E-state index is 12.2. The van der Waals surface area contributed by atoms with Crippen LogP contribution < -0.4 is 10.4 Å². The van der Waals surface area contributed by atoms with Gasteiger partial charge in [0.1, 0.15) is 0 Å². The van der Waals surface area contributed by atoms with Crippen LogP contribution in [0.3, 0.4) is 0 Å². The summed E-state index contributed by atoms with van der Waals surface area (Å²) in [5.74, 6) is 6.69. The lowest BCUT2D eigenvalue weighted by molar-refractivity contribution is -0.162. The summed E-state index contributed by atoms with van der Waals surface area (Å²) in [4.78, 5) is 12.2. The van der Waals surface area contributed by atoms with Gasteiger partial charge in [-0.15, -0.1) is 11.8 Å². The Morgan fingerprint density at radius 2 is 1.38 bits per heavy atom. The number of rotatable bonds is 15. The van der Waals surface area contributed by atoms with Crippen molar-refractivity contribution in [2.75, 3.05) is 13.2 Å². The van der Waals surface area contributed by atoms with Crippen LogP contribution in [0.25, 0.3) is 0 Å². The number of unbranched alkanes of at least 4 members (excludes halogenated alkanes) is 7. The van der Waals surface area contributed by atoms with Crippen LogP contribution in [0, 0.1) is 11.8 Å². The van der Waals surface area contributed by atoms with E-state index in [1.165, 1.54) is 38.5 Å². The van der Waals surface area contributed by atoms with Crippen LogP contribution in [0.1, 0.15) is 97.3 Å². The maximum atomic E-state index is 12.2. The monoisotopic (exact) mass is 520 g/mol. The van der Waals surface area contributed by atoms with Gasteiger partial charge in [0.05, 0.1) is 0 Å². The third-order valence-corrected chi connectivity index (χ3v) is 12.3. The summed E-state index contributed by atoms with van der Waals surface area (Å²) in [5.41, 5.74) is 0. The topological polar surface area (TPSA) is 38.7 Å². The molecular formula is C33H48O3Si. The Kier molecular flexibility index (Phi) is 12.9. The molecule has 1 unspecified atom stereocenters. The summed E-state index contributed by atoms with van der Waals surface area (Å²) in [6, 6.07) is 20.7. The Labute approximate surface area is 227 Å². The van der Waals surface area contributed by atoms with E-state index in [9.17, 15) is 4.80 Å². The summed E-state index contributed by atoms with van der Waals surface area (Å²) in [6.07, 6.45) is 14.7. The Balaban J connectivity index is 1.29. The molecule has 4 heteroatoms. The fourth-order valence-electron chi connectivity index (χ4n) is 5.35. The molecule has 1 aliphatic heterocycles. The van der Waals surface area contributed by atoms with E-state index in [1.807, 2.05) is 12.1 Å². The third-order valence-electron chi connectivity index (χ3n) is 7.73. The molecule has 0 radical (unpaired) electrons. The largest absolute Gasteiger partial charge is 0.424 e. The highest BCUT2D eigenvalue weighted by molar-refractivity contribution is 6.98. The predicted octanol–water partition coefficient (Wildman–Crippen LogP) is 6.97. The van der Waals surface area contributed by atoms with Crippen molar-refractivity contribution >= 4 is 18.7 Å². The third kappa shape index (κ3) is 9.41. The number of benzene rings is 2. The second kappa shape index (κ2) is 16.1. The van der Waals surface area contributed by atoms with E-state index in [0.717, 1.165) is 68.5 Å². The number of hydrogen-bond acceptors (Lipinski definition) is 3. The van der Waals surface area contributed by atoms with Gasteiger partial charge in [-0.3, -0.25) is 0 Å². The normalized spacial score (nSPS) is 16.2. The van der Waals surface area contributed by atoms with Crippen LogP contribution in [0.2, 0.25) is 5.04 Å². The SMILES string of the molecule is CC(C)(CCCCCCCC#CCCCCOC1CCCCO1)[Si](O)(c1ccccc1)c1ccccc1. The molecule has 37 heavy (non-hydrogen) atoms. The van der Waals surface area contributed by atoms with Crippen molar-refractivity contribution in [3.05, 3.63) is 60.7 Å². The van der Waals surface area contributed by atoms with E-state index in [2.05, 4.69) is 74.2 Å². The fourth-order valence-corrected chi connectivity index (χ4v) is 9.13. The molecule has 3 nitrogen and oxygen atoms in total. The average Bonchev–Trinajstić information content (AvgIpc) is 2.94. The molecule has 0 spiro atoms. The molecule has 1 fully saturated rings. The molecule has 0 aliphatic carbocycles. The molecule has 0 saturated carbocycles. The molecule has 3 rings (SSSR count). The van der Waals surface area contributed by atoms with E-state index in [4.69, 9.17) is 9.47 Å². The second-order valence-electron chi connectivity index (χ2n) is 11.1. The first-order valence-corrected chi connectivity index (χ1v) is 16.5. The average molecular weight is 521 g/mol. The first kappa shape index (κ1) is 29.6. The van der Waals surface area contributed by atoms with Crippen molar-refractivity contribution in [2.24, 2.45) is 0 Å². The van der Waals surface area contributed by atoms with Gasteiger partial charge in [-0.25, -0.2) is 0 Å². The van der Waals surface area contributed by atoms with Crippen LogP contribution >= 0.6 is 0 Å². The molecule has 202 valence electrons. The van der Waals surface area contributed by atoms with Crippen molar-refractivity contribution in [3.63, 3.8) is 0 Å². The van der Waals surface area contributed by atoms with Gasteiger partial charge in [0.25, 0.3) is 8.32 Å². The summed E-state index contributed by atoms with van der Waals surface area (Å²) in [7, 11) is -2.87. The van der Waals surface area contributed by atoms with Crippen LogP contribution in [0.5, 0.6) is 0 Å². The first-order chi connectivity index (χ1) is 18.0. The van der Waals surface area contributed by atoms with E-state index in [-0.39, 0.29) is 11.3 Å². The second-order valence-corrected chi connectivity index (χ2v) is 15.0. The lowest BCUT2D eigenvalue weighted by Gasteiger charge is -2.41. The quantitative estimate of drug-likeness (QED) is 0.157. The Bertz CT molecular complexity index is 887. The van der Waals surface area contributed by atoms with E-state index < -0.39 is 8.32 Å². The van der Waals surface area contributed by atoms with Gasteiger partial charge >= 0.3 is 0 Å². The molecule has 1 aliphatic rings. The highest BCUT2D eigenvalue weighted by Gasteiger charge is 2.49. The van der Waals surface area contributed by atoms with Gasteiger partial charge in [0, 0.05) is 26.1 Å². The number of hydrogen-bond donors (Lipinski definition) is 1. The van der Waals surface area contributed by atoms with Gasteiger partial charge in [0.15, 0.2) is 6.29 Å². The Morgan fingerprint density at radius 1 is 0.811 bits per heavy atom. The summed E-state index contributed by atoms with van der Waals surface area (Å²) in [6.45, 7) is 6.18. The van der Waals surface area contributed by atoms with Crippen molar-refractivity contribution in [1.82, 2.24) is 0 Å². The highest BCUT2D eigenvalue weighted by atomic mass is 28.4. The standard InChI is InChI=1S/C33H48O3Si/c1-33(2,37(34,30-22-14-12-15-23-30)31-24-16-13-17-25-31)27-19-10-8-6-4-3-5-7-9-11-20-28-35-32-26-18-21-29-36-32/h12-17,22-25,32,34H,3-4,6,8-11,18-21,26-29H2,1-2H3. The van der Waals surface area contributed by atoms with Crippen molar-refractivity contribution in [3.8, 4) is 11.8 Å². The van der Waals surface area contributed by atoms with Crippen molar-refractivity contribution in [1.29, 1.82) is 0 Å². The van der Waals surface area contributed by atoms with E-state index >= 15 is 0 Å². The molecule has 1 atom stereocenters. The zero-order valence-corrected chi connectivity index (χ0v) is 24.2. The summed E-state index contributed by atoms with van der Waals surface area (Å²) < 4.78 is 11.4. The first-order valence-electron chi connectivity index (χ1n) is 14.6. The molecule has 1 heterocycles. The molecule has 0 amide bonds. The molecular weight excluding hydrogens is 472 g/mol. The predicted molar refractivity (Wildman–Crippen MR) is 158 cm³/mol. The van der Waals surface area contributed by atoms with Gasteiger partial charge in [-0.2, -0.15) is 0 Å². The van der Waals surface area contributed by atoms with E-state index in [0.29, 0.717) is 0 Å². The highest BCUT2D eigenvalue weighted by Crippen LogP contribution is 2.40. The van der Waals surface area contributed by atoms with Gasteiger partial charge in [-0.05, 0) is 60.4 Å². The minimum atomic E-state index is -2.87. The molecule has 2 aromatic rings. The smallest absolute Gasteiger partial charge is 0.258 e. The minimum absolute atomic E-state index is 0.0342. The summed E-state index contributed by atoms with van der Waals surface area (Å²) in [5, 5.41) is 2.07. The summed E-state index contributed by atoms with van der Waals surface area (Å²) >= 11 is 0. The van der Waals surface area contributed by atoms with Crippen LogP contribution in [-0.4, -0.2) is 32.6 Å². The zero-order valence-electron chi connectivity index (χ0n) is 23.2. The van der Waals surface area contributed by atoms with Crippen LogP contribution in [0.15, 0.2) is 60.7 Å². The molecule has 1 saturated heterocycles.